The number of carbonyl (C=O) groups excluding carboxylic acids is 3. The van der Waals surface area contributed by atoms with Crippen molar-refractivity contribution in [2.24, 2.45) is 15.3 Å². The highest BCUT2D eigenvalue weighted by Crippen LogP contribution is 2.41. The summed E-state index contributed by atoms with van der Waals surface area (Å²) in [6.45, 7) is 0. The van der Waals surface area contributed by atoms with Gasteiger partial charge in [-0.2, -0.15) is 15.3 Å². The predicted molar refractivity (Wildman–Crippen MR) is 335 cm³/mol. The lowest BCUT2D eigenvalue weighted by Crippen LogP contribution is -2.18. The first-order valence-corrected chi connectivity index (χ1v) is 26.5. The van der Waals surface area contributed by atoms with Crippen molar-refractivity contribution in [3.05, 3.63) is 179 Å². The molecule has 0 saturated carbocycles. The van der Waals surface area contributed by atoms with Crippen LogP contribution in [0, 0.1) is 0 Å². The van der Waals surface area contributed by atoms with Crippen LogP contribution in [0.5, 0.6) is 69.0 Å². The first-order chi connectivity index (χ1) is 42.4. The van der Waals surface area contributed by atoms with Crippen LogP contribution in [-0.4, -0.2) is 122 Å². The SMILES string of the molecule is COc1cc(C(=O)N/N=C/c2c(OC)ccc3ccccc23)cc(OC)c1OC.COc1cc(C(=O)N/N=C/c2c(OC)ccc3ccccc23)cc(OC)c1OC.COc1cc(C(=O)N/N=C/c2c(OC)ccc3ccccc23)cc(OC)c1OC. The molecule has 0 heterocycles. The highest BCUT2D eigenvalue weighted by atomic mass is 16.5. The predicted octanol–water partition coefficient (Wildman–Crippen LogP) is 10.9. The molecule has 0 atom stereocenters. The van der Waals surface area contributed by atoms with Crippen LogP contribution in [0.3, 0.4) is 0 Å². The maximum atomic E-state index is 12.6. The van der Waals surface area contributed by atoms with Gasteiger partial charge in [0.25, 0.3) is 17.7 Å². The summed E-state index contributed by atoms with van der Waals surface area (Å²) in [6, 6.07) is 44.5. The molecule has 21 heteroatoms. The second kappa shape index (κ2) is 30.9. The van der Waals surface area contributed by atoms with E-state index in [1.807, 2.05) is 109 Å². The average molecular weight is 1180 g/mol. The Morgan fingerprint density at radius 3 is 0.713 bits per heavy atom. The average Bonchev–Trinajstić information content (AvgIpc) is 2.52. The van der Waals surface area contributed by atoms with E-state index in [0.717, 1.165) is 49.0 Å². The van der Waals surface area contributed by atoms with Gasteiger partial charge in [-0.1, -0.05) is 91.0 Å². The lowest BCUT2D eigenvalue weighted by molar-refractivity contribution is 0.0946. The summed E-state index contributed by atoms with van der Waals surface area (Å²) in [5, 5.41) is 18.4. The van der Waals surface area contributed by atoms with Gasteiger partial charge < -0.3 is 56.8 Å². The standard InChI is InChI=1S/3C22H22N2O5/c3*1-26-18-10-9-14-7-5-6-8-16(14)17(18)13-23-24-22(25)15-11-19(27-2)21(29-4)20(12-15)28-3/h3*5-13H,1-4H3,(H,24,25)/b3*23-13+. The number of hydrazone groups is 3. The molecule has 450 valence electrons. The van der Waals surface area contributed by atoms with Gasteiger partial charge in [0, 0.05) is 33.4 Å². The molecule has 3 N–H and O–H groups in total. The molecule has 3 amide bonds. The van der Waals surface area contributed by atoms with Crippen LogP contribution < -0.4 is 73.1 Å². The number of fused-ring (bicyclic) bond motifs is 3. The third-order valence-corrected chi connectivity index (χ3v) is 13.3. The second-order valence-corrected chi connectivity index (χ2v) is 18.0. The van der Waals surface area contributed by atoms with E-state index in [0.29, 0.717) is 85.7 Å². The van der Waals surface area contributed by atoms with E-state index in [1.165, 1.54) is 64.0 Å². The largest absolute Gasteiger partial charge is 0.496 e. The Bertz CT molecular complexity index is 3520. The zero-order valence-corrected chi connectivity index (χ0v) is 50.1. The number of methoxy groups -OCH3 is 12. The molecule has 0 spiro atoms. The summed E-state index contributed by atoms with van der Waals surface area (Å²) in [5.74, 6) is 4.29. The summed E-state index contributed by atoms with van der Waals surface area (Å²) >= 11 is 0. The van der Waals surface area contributed by atoms with Crippen LogP contribution in [0.25, 0.3) is 32.3 Å². The summed E-state index contributed by atoms with van der Waals surface area (Å²) in [7, 11) is 18.2. The fourth-order valence-electron chi connectivity index (χ4n) is 9.06. The van der Waals surface area contributed by atoms with E-state index in [4.69, 9.17) is 56.8 Å². The zero-order valence-electron chi connectivity index (χ0n) is 50.1. The van der Waals surface area contributed by atoms with E-state index in [1.54, 1.807) is 76.4 Å². The van der Waals surface area contributed by atoms with Gasteiger partial charge in [0.1, 0.15) is 17.2 Å². The number of benzene rings is 9. The van der Waals surface area contributed by atoms with E-state index in [9.17, 15) is 14.4 Å². The summed E-state index contributed by atoms with van der Waals surface area (Å²) < 4.78 is 63.8. The maximum absolute atomic E-state index is 12.6. The molecule has 87 heavy (non-hydrogen) atoms. The van der Waals surface area contributed by atoms with Gasteiger partial charge in [0.05, 0.1) is 104 Å². The lowest BCUT2D eigenvalue weighted by Gasteiger charge is -2.13. The molecule has 9 aromatic carbocycles. The van der Waals surface area contributed by atoms with Crippen LogP contribution in [-0.2, 0) is 0 Å². The first-order valence-electron chi connectivity index (χ1n) is 26.5. The number of hydrogen-bond donors (Lipinski definition) is 3. The minimum Gasteiger partial charge on any atom is -0.496 e. The van der Waals surface area contributed by atoms with Crippen LogP contribution in [0.4, 0.5) is 0 Å². The van der Waals surface area contributed by atoms with Gasteiger partial charge >= 0.3 is 0 Å². The van der Waals surface area contributed by atoms with E-state index < -0.39 is 17.7 Å². The minimum absolute atomic E-state index is 0.321. The fraction of sp³-hybridized carbons (Fsp3) is 0.182. The van der Waals surface area contributed by atoms with Crippen molar-refractivity contribution >= 4 is 68.7 Å². The van der Waals surface area contributed by atoms with Gasteiger partial charge in [0.2, 0.25) is 17.2 Å². The molecular weight excluding hydrogens is 1120 g/mol. The Morgan fingerprint density at radius 1 is 0.287 bits per heavy atom. The minimum atomic E-state index is -0.417. The second-order valence-electron chi connectivity index (χ2n) is 18.0. The Labute approximate surface area is 502 Å². The van der Waals surface area contributed by atoms with Gasteiger partial charge in [-0.3, -0.25) is 14.4 Å². The number of carbonyl (C=O) groups is 3. The zero-order chi connectivity index (χ0) is 62.4. The molecule has 9 aromatic rings. The number of nitrogens with zero attached hydrogens (tertiary/aromatic N) is 3. The van der Waals surface area contributed by atoms with Crippen molar-refractivity contribution in [3.63, 3.8) is 0 Å². The first kappa shape index (κ1) is 63.4. The molecule has 0 aliphatic carbocycles. The summed E-state index contributed by atoms with van der Waals surface area (Å²) in [4.78, 5) is 37.7. The van der Waals surface area contributed by atoms with Crippen LogP contribution in [0.2, 0.25) is 0 Å². The number of nitrogens with one attached hydrogen (secondary N) is 3. The molecular formula is C66H66N6O15. The Kier molecular flexibility index (Phi) is 22.5. The van der Waals surface area contributed by atoms with Gasteiger partial charge in [-0.15, -0.1) is 0 Å². The monoisotopic (exact) mass is 1180 g/mol. The van der Waals surface area contributed by atoms with Crippen molar-refractivity contribution in [2.45, 2.75) is 0 Å². The lowest BCUT2D eigenvalue weighted by atomic mass is 10.0. The normalized spacial score (nSPS) is 10.8. The van der Waals surface area contributed by atoms with Gasteiger partial charge in [-0.05, 0) is 86.9 Å². The number of rotatable bonds is 21. The van der Waals surface area contributed by atoms with Gasteiger partial charge in [0.15, 0.2) is 34.5 Å². The highest BCUT2D eigenvalue weighted by molar-refractivity contribution is 6.06. The van der Waals surface area contributed by atoms with Crippen molar-refractivity contribution in [1.29, 1.82) is 0 Å². The third kappa shape index (κ3) is 14.9. The van der Waals surface area contributed by atoms with E-state index in [2.05, 4.69) is 31.6 Å². The molecule has 0 aliphatic rings. The molecule has 0 radical (unpaired) electrons. The van der Waals surface area contributed by atoms with Crippen molar-refractivity contribution in [1.82, 2.24) is 16.3 Å². The van der Waals surface area contributed by atoms with E-state index in [-0.39, 0.29) is 0 Å². The van der Waals surface area contributed by atoms with Crippen LogP contribution >= 0.6 is 0 Å². The molecule has 0 aromatic heterocycles. The van der Waals surface area contributed by atoms with Crippen molar-refractivity contribution in [2.75, 3.05) is 85.3 Å². The highest BCUT2D eigenvalue weighted by Gasteiger charge is 2.20. The summed E-state index contributed by atoms with van der Waals surface area (Å²) in [5.41, 5.74) is 10.9. The molecule has 0 unspecified atom stereocenters. The molecule has 0 fully saturated rings. The van der Waals surface area contributed by atoms with Gasteiger partial charge in [-0.25, -0.2) is 16.3 Å². The number of hydrogen-bond acceptors (Lipinski definition) is 18. The number of amides is 3. The number of ether oxygens (including phenoxy) is 12. The third-order valence-electron chi connectivity index (χ3n) is 13.3. The smallest absolute Gasteiger partial charge is 0.271 e. The summed E-state index contributed by atoms with van der Waals surface area (Å²) in [6.07, 6.45) is 4.70. The topological polar surface area (TPSA) is 235 Å². The molecule has 9 rings (SSSR count). The fourth-order valence-corrected chi connectivity index (χ4v) is 9.06. The molecule has 0 bridgehead atoms. The quantitative estimate of drug-likeness (QED) is 0.0448. The molecule has 0 saturated heterocycles. The molecule has 0 aliphatic heterocycles. The maximum Gasteiger partial charge on any atom is 0.271 e. The Morgan fingerprint density at radius 2 is 0.506 bits per heavy atom. The Balaban J connectivity index is 0.000000186. The molecule has 21 nitrogen and oxygen atoms in total. The van der Waals surface area contributed by atoms with E-state index >= 15 is 0 Å². The van der Waals surface area contributed by atoms with Crippen molar-refractivity contribution < 1.29 is 71.2 Å². The Hall–Kier alpha value is -11.2. The van der Waals surface area contributed by atoms with Crippen molar-refractivity contribution in [3.8, 4) is 69.0 Å². The van der Waals surface area contributed by atoms with Crippen LogP contribution in [0.15, 0.2) is 161 Å². The van der Waals surface area contributed by atoms with Crippen LogP contribution in [0.1, 0.15) is 47.8 Å².